The van der Waals surface area contributed by atoms with Gasteiger partial charge in [0.2, 0.25) is 11.8 Å². The Bertz CT molecular complexity index is 1110. The molecule has 0 atom stereocenters. The van der Waals surface area contributed by atoms with E-state index in [0.717, 1.165) is 26.3 Å². The third kappa shape index (κ3) is 2.86. The maximum absolute atomic E-state index is 5.84. The van der Waals surface area contributed by atoms with Crippen molar-refractivity contribution in [2.75, 3.05) is 0 Å². The average molecular weight is 445 g/mol. The van der Waals surface area contributed by atoms with E-state index in [4.69, 9.17) is 4.42 Å². The molecule has 1 aliphatic rings. The normalized spacial score (nSPS) is 13.4. The Morgan fingerprint density at radius 2 is 2.08 bits per heavy atom. The molecule has 0 bridgehead atoms. The molecule has 26 heavy (non-hydrogen) atoms. The summed E-state index contributed by atoms with van der Waals surface area (Å²) in [5, 5.41) is 10.6. The van der Waals surface area contributed by atoms with Crippen LogP contribution in [0.2, 0.25) is 0 Å². The number of hydrogen-bond acceptors (Lipinski definition) is 7. The monoisotopic (exact) mass is 444 g/mol. The van der Waals surface area contributed by atoms with Crippen LogP contribution in [-0.2, 0) is 18.6 Å². The van der Waals surface area contributed by atoms with Gasteiger partial charge >= 0.3 is 0 Å². The Balaban J connectivity index is 1.41. The van der Waals surface area contributed by atoms with Gasteiger partial charge in [0.15, 0.2) is 0 Å². The Kier molecular flexibility index (Phi) is 4.26. The van der Waals surface area contributed by atoms with Gasteiger partial charge in [-0.05, 0) is 52.9 Å². The number of thioether (sulfide) groups is 1. The number of aromatic nitrogens is 4. The van der Waals surface area contributed by atoms with Crippen molar-refractivity contribution in [3.8, 4) is 11.5 Å². The smallest absolute Gasteiger partial charge is 0.248 e. The van der Waals surface area contributed by atoms with Gasteiger partial charge in [-0.3, -0.25) is 0 Å². The minimum Gasteiger partial charge on any atom is -0.420 e. The standard InChI is InChI=1S/C18H13BrN4OS2/c19-12-6-2-1-4-10(12)16-23-22-14(24-16)8-25-17-15-11-5-3-7-13(11)26-18(15)21-9-20-17/h1-2,4,6,9H,3,5,7-8H2. The molecule has 130 valence electrons. The van der Waals surface area contributed by atoms with E-state index in [0.29, 0.717) is 17.5 Å². The van der Waals surface area contributed by atoms with Gasteiger partial charge in [0, 0.05) is 14.7 Å². The molecule has 0 N–H and O–H groups in total. The van der Waals surface area contributed by atoms with Crippen LogP contribution >= 0.6 is 39.0 Å². The first kappa shape index (κ1) is 16.4. The molecule has 3 aromatic heterocycles. The summed E-state index contributed by atoms with van der Waals surface area (Å²) in [7, 11) is 0. The van der Waals surface area contributed by atoms with Crippen molar-refractivity contribution < 1.29 is 4.42 Å². The van der Waals surface area contributed by atoms with Crippen LogP contribution in [0.1, 0.15) is 22.8 Å². The van der Waals surface area contributed by atoms with Crippen molar-refractivity contribution in [3.05, 3.63) is 51.4 Å². The van der Waals surface area contributed by atoms with E-state index in [1.807, 2.05) is 24.3 Å². The molecular weight excluding hydrogens is 432 g/mol. The first-order valence-corrected chi connectivity index (χ1v) is 10.8. The van der Waals surface area contributed by atoms with E-state index >= 15 is 0 Å². The van der Waals surface area contributed by atoms with Crippen molar-refractivity contribution >= 4 is 49.2 Å². The maximum Gasteiger partial charge on any atom is 0.248 e. The first-order valence-electron chi connectivity index (χ1n) is 8.25. The molecule has 0 saturated carbocycles. The predicted octanol–water partition coefficient (Wildman–Crippen LogP) is 5.28. The highest BCUT2D eigenvalue weighted by Crippen LogP contribution is 2.40. The van der Waals surface area contributed by atoms with Crippen molar-refractivity contribution in [2.45, 2.75) is 30.0 Å². The number of nitrogens with zero attached hydrogens (tertiary/aromatic N) is 4. The number of thiophene rings is 1. The van der Waals surface area contributed by atoms with Crippen LogP contribution in [0.15, 0.2) is 44.5 Å². The van der Waals surface area contributed by atoms with Crippen molar-refractivity contribution in [3.63, 3.8) is 0 Å². The summed E-state index contributed by atoms with van der Waals surface area (Å²) in [5.74, 6) is 1.71. The van der Waals surface area contributed by atoms with Gasteiger partial charge < -0.3 is 4.42 Å². The van der Waals surface area contributed by atoms with Crippen LogP contribution in [0, 0.1) is 0 Å². The predicted molar refractivity (Wildman–Crippen MR) is 106 cm³/mol. The molecule has 3 heterocycles. The molecule has 0 fully saturated rings. The fourth-order valence-electron chi connectivity index (χ4n) is 3.19. The second-order valence-corrected chi connectivity index (χ2v) is 8.89. The van der Waals surface area contributed by atoms with E-state index in [-0.39, 0.29) is 0 Å². The van der Waals surface area contributed by atoms with Crippen molar-refractivity contribution in [2.24, 2.45) is 0 Å². The van der Waals surface area contributed by atoms with Crippen LogP contribution in [0.25, 0.3) is 21.7 Å². The van der Waals surface area contributed by atoms with Gasteiger partial charge in [0.25, 0.3) is 0 Å². The second kappa shape index (κ2) is 6.75. The van der Waals surface area contributed by atoms with Crippen LogP contribution in [-0.4, -0.2) is 20.2 Å². The zero-order chi connectivity index (χ0) is 17.5. The minimum atomic E-state index is 0.525. The number of aryl methyl sites for hydroxylation is 2. The molecule has 0 amide bonds. The minimum absolute atomic E-state index is 0.525. The Morgan fingerprint density at radius 1 is 1.15 bits per heavy atom. The zero-order valence-corrected chi connectivity index (χ0v) is 16.8. The van der Waals surface area contributed by atoms with Crippen LogP contribution in [0.4, 0.5) is 0 Å². The Hall–Kier alpha value is -1.77. The molecule has 1 aromatic carbocycles. The van der Waals surface area contributed by atoms with E-state index in [9.17, 15) is 0 Å². The lowest BCUT2D eigenvalue weighted by molar-refractivity contribution is 0.528. The summed E-state index contributed by atoms with van der Waals surface area (Å²) in [6.45, 7) is 0. The molecule has 4 aromatic rings. The van der Waals surface area contributed by atoms with E-state index < -0.39 is 0 Å². The van der Waals surface area contributed by atoms with Crippen molar-refractivity contribution in [1.29, 1.82) is 0 Å². The SMILES string of the molecule is Brc1ccccc1-c1nnc(CSc2ncnc3sc4c(c23)CCC4)o1. The molecule has 0 saturated heterocycles. The van der Waals surface area contributed by atoms with Gasteiger partial charge in [-0.2, -0.15) is 0 Å². The lowest BCUT2D eigenvalue weighted by Gasteiger charge is -2.02. The topological polar surface area (TPSA) is 64.7 Å². The third-order valence-corrected chi connectivity index (χ3v) is 7.24. The van der Waals surface area contributed by atoms with E-state index in [1.54, 1.807) is 29.4 Å². The first-order chi connectivity index (χ1) is 12.8. The van der Waals surface area contributed by atoms with Gasteiger partial charge in [-0.25, -0.2) is 9.97 Å². The number of fused-ring (bicyclic) bond motifs is 3. The van der Waals surface area contributed by atoms with Gasteiger partial charge in [0.1, 0.15) is 16.2 Å². The molecule has 5 nitrogen and oxygen atoms in total. The van der Waals surface area contributed by atoms with Gasteiger partial charge in [-0.1, -0.05) is 23.9 Å². The largest absolute Gasteiger partial charge is 0.420 e. The van der Waals surface area contributed by atoms with Crippen LogP contribution < -0.4 is 0 Å². The molecule has 0 unspecified atom stereocenters. The summed E-state index contributed by atoms with van der Waals surface area (Å²) in [6, 6.07) is 7.83. The quantitative estimate of drug-likeness (QED) is 0.314. The highest BCUT2D eigenvalue weighted by atomic mass is 79.9. The van der Waals surface area contributed by atoms with Crippen LogP contribution in [0.3, 0.4) is 0 Å². The van der Waals surface area contributed by atoms with Gasteiger partial charge in [0.05, 0.1) is 11.3 Å². The molecule has 0 aliphatic heterocycles. The summed E-state index contributed by atoms with van der Waals surface area (Å²) >= 11 is 6.96. The lowest BCUT2D eigenvalue weighted by Crippen LogP contribution is -1.88. The molecule has 5 rings (SSSR count). The maximum atomic E-state index is 5.84. The highest BCUT2D eigenvalue weighted by molar-refractivity contribution is 9.10. The molecule has 8 heteroatoms. The summed E-state index contributed by atoms with van der Waals surface area (Å²) in [4.78, 5) is 11.5. The van der Waals surface area contributed by atoms with Gasteiger partial charge in [-0.15, -0.1) is 21.5 Å². The summed E-state index contributed by atoms with van der Waals surface area (Å²) in [6.07, 6.45) is 5.17. The summed E-state index contributed by atoms with van der Waals surface area (Å²) in [5.41, 5.74) is 2.34. The zero-order valence-electron chi connectivity index (χ0n) is 13.6. The number of rotatable bonds is 4. The molecule has 0 radical (unpaired) electrons. The summed E-state index contributed by atoms with van der Waals surface area (Å²) < 4.78 is 6.78. The second-order valence-electron chi connectivity index (χ2n) is 5.99. The van der Waals surface area contributed by atoms with Crippen LogP contribution in [0.5, 0.6) is 0 Å². The molecular formula is C18H13BrN4OS2. The number of benzene rings is 1. The number of hydrogen-bond donors (Lipinski definition) is 0. The Labute approximate surface area is 166 Å². The fourth-order valence-corrected chi connectivity index (χ4v) is 5.81. The Morgan fingerprint density at radius 3 is 3.00 bits per heavy atom. The van der Waals surface area contributed by atoms with Crippen molar-refractivity contribution in [1.82, 2.24) is 20.2 Å². The fraction of sp³-hybridized carbons (Fsp3) is 0.222. The third-order valence-electron chi connectivity index (χ3n) is 4.37. The highest BCUT2D eigenvalue weighted by Gasteiger charge is 2.21. The average Bonchev–Trinajstić information content (AvgIpc) is 3.36. The number of halogens is 1. The molecule has 0 spiro atoms. The lowest BCUT2D eigenvalue weighted by atomic mass is 10.2. The van der Waals surface area contributed by atoms with E-state index in [2.05, 4.69) is 36.1 Å². The molecule has 1 aliphatic carbocycles. The van der Waals surface area contributed by atoms with E-state index in [1.165, 1.54) is 28.7 Å².